The van der Waals surface area contributed by atoms with Gasteiger partial charge in [-0.2, -0.15) is 18.3 Å². The summed E-state index contributed by atoms with van der Waals surface area (Å²) >= 11 is 12.2. The van der Waals surface area contributed by atoms with Gasteiger partial charge in [-0.15, -0.1) is 0 Å². The van der Waals surface area contributed by atoms with Crippen LogP contribution in [0.5, 0.6) is 0 Å². The van der Waals surface area contributed by atoms with Crippen LogP contribution in [0.1, 0.15) is 85.3 Å². The number of aliphatic carboxylic acids is 1. The zero-order valence-corrected chi connectivity index (χ0v) is 23.6. The summed E-state index contributed by atoms with van der Waals surface area (Å²) in [4.78, 5) is 43.2. The van der Waals surface area contributed by atoms with Crippen LogP contribution in [0.2, 0.25) is 10.0 Å². The summed E-state index contributed by atoms with van der Waals surface area (Å²) in [6, 6.07) is -0.745. The lowest BCUT2D eigenvalue weighted by molar-refractivity contribution is -0.187. The lowest BCUT2D eigenvalue weighted by Crippen LogP contribution is -2.53. The third-order valence-corrected chi connectivity index (χ3v) is 8.17. The summed E-state index contributed by atoms with van der Waals surface area (Å²) in [6.45, 7) is 4.49. The quantitative estimate of drug-likeness (QED) is 0.384. The molecule has 0 unspecified atom stereocenters. The molecule has 218 valence electrons. The third-order valence-electron chi connectivity index (χ3n) is 7.60. The largest absolute Gasteiger partial charge is 0.481 e. The number of pyridine rings is 1. The summed E-state index contributed by atoms with van der Waals surface area (Å²) in [7, 11) is 0. The van der Waals surface area contributed by atoms with Gasteiger partial charge in [-0.1, -0.05) is 23.2 Å². The highest BCUT2D eigenvalue weighted by Gasteiger charge is 2.46. The van der Waals surface area contributed by atoms with Crippen LogP contribution < -0.4 is 0 Å². The van der Waals surface area contributed by atoms with Crippen molar-refractivity contribution < 1.29 is 37.4 Å². The SMILES string of the molecule is CC1(C)C[C@H](CN(CC(=O)c2c(Cl)cncc2Cl)C(=O)c2cnn([C@H]3CC[C@](C)(C(=O)O)CC3)c2C(F)(F)F)O1. The molecule has 0 aromatic carbocycles. The Labute approximate surface area is 238 Å². The van der Waals surface area contributed by atoms with Crippen molar-refractivity contribution in [3.05, 3.63) is 45.5 Å². The Kier molecular flexibility index (Phi) is 8.28. The normalized spacial score (nSPS) is 24.3. The van der Waals surface area contributed by atoms with Crippen LogP contribution in [0.15, 0.2) is 18.6 Å². The molecule has 14 heteroatoms. The fraction of sp³-hybridized carbons (Fsp3) is 0.577. The van der Waals surface area contributed by atoms with E-state index < -0.39 is 64.8 Å². The van der Waals surface area contributed by atoms with Gasteiger partial charge in [-0.05, 0) is 46.5 Å². The molecule has 1 saturated carbocycles. The van der Waals surface area contributed by atoms with Crippen molar-refractivity contribution in [1.82, 2.24) is 19.7 Å². The van der Waals surface area contributed by atoms with Gasteiger partial charge >= 0.3 is 12.1 Å². The van der Waals surface area contributed by atoms with Gasteiger partial charge in [0.1, 0.15) is 0 Å². The minimum absolute atomic E-state index is 0.0552. The minimum atomic E-state index is -4.95. The Morgan fingerprint density at radius 3 is 2.20 bits per heavy atom. The maximum Gasteiger partial charge on any atom is 0.433 e. The van der Waals surface area contributed by atoms with Crippen molar-refractivity contribution in [2.24, 2.45) is 5.41 Å². The Balaban J connectivity index is 1.65. The zero-order valence-electron chi connectivity index (χ0n) is 22.1. The van der Waals surface area contributed by atoms with E-state index in [1.54, 1.807) is 6.92 Å². The molecular weight excluding hydrogens is 576 g/mol. The van der Waals surface area contributed by atoms with Crippen molar-refractivity contribution in [1.29, 1.82) is 0 Å². The second kappa shape index (κ2) is 10.9. The standard InChI is InChI=1S/C26H29Cl2F3N4O5/c1-24(2)8-15(40-24)12-34(13-19(36)20-17(27)10-32-11-18(20)28)22(37)16-9-33-35(21(16)26(29,30)31)14-4-6-25(3,7-5-14)23(38)39/h9-11,14-15H,4-8,12-13H2,1-3H3,(H,38,39)/t14-,15-,25-/m1/s1. The first-order chi connectivity index (χ1) is 18.5. The topological polar surface area (TPSA) is 115 Å². The summed E-state index contributed by atoms with van der Waals surface area (Å²) in [5, 5.41) is 13.3. The number of Topliss-reactive ketones (excluding diaryl/α,β-unsaturated/α-hetero) is 1. The number of halogens is 5. The molecule has 0 bridgehead atoms. The molecule has 1 N–H and O–H groups in total. The van der Waals surface area contributed by atoms with E-state index in [1.165, 1.54) is 12.4 Å². The van der Waals surface area contributed by atoms with Gasteiger partial charge in [0.05, 0.1) is 57.1 Å². The van der Waals surface area contributed by atoms with Crippen LogP contribution in [0.4, 0.5) is 13.2 Å². The molecule has 1 saturated heterocycles. The van der Waals surface area contributed by atoms with E-state index in [1.807, 2.05) is 13.8 Å². The first-order valence-corrected chi connectivity index (χ1v) is 13.5. The fourth-order valence-corrected chi connectivity index (χ4v) is 6.01. The molecule has 0 spiro atoms. The van der Waals surface area contributed by atoms with E-state index in [-0.39, 0.29) is 47.8 Å². The smallest absolute Gasteiger partial charge is 0.433 e. The molecule has 1 aliphatic carbocycles. The van der Waals surface area contributed by atoms with E-state index in [4.69, 9.17) is 27.9 Å². The van der Waals surface area contributed by atoms with E-state index in [0.717, 1.165) is 15.8 Å². The Bertz CT molecular complexity index is 1290. The molecule has 2 aromatic heterocycles. The van der Waals surface area contributed by atoms with Crippen molar-refractivity contribution >= 4 is 40.9 Å². The summed E-state index contributed by atoms with van der Waals surface area (Å²) < 4.78 is 49.8. The highest BCUT2D eigenvalue weighted by molar-refractivity contribution is 6.39. The first kappa shape index (κ1) is 30.3. The van der Waals surface area contributed by atoms with Crippen molar-refractivity contribution in [2.45, 2.75) is 76.8 Å². The number of carbonyl (C=O) groups excluding carboxylic acids is 2. The lowest BCUT2D eigenvalue weighted by atomic mass is 9.74. The molecule has 2 aliphatic rings. The average Bonchev–Trinajstić information content (AvgIpc) is 3.28. The van der Waals surface area contributed by atoms with Crippen molar-refractivity contribution in [3.8, 4) is 0 Å². The third kappa shape index (κ3) is 6.13. The van der Waals surface area contributed by atoms with E-state index in [2.05, 4.69) is 10.1 Å². The van der Waals surface area contributed by atoms with Crippen LogP contribution in [-0.4, -0.2) is 67.2 Å². The van der Waals surface area contributed by atoms with Gasteiger partial charge in [0.2, 0.25) is 0 Å². The molecule has 2 fully saturated rings. The number of alkyl halides is 3. The fourth-order valence-electron chi connectivity index (χ4n) is 5.43. The summed E-state index contributed by atoms with van der Waals surface area (Å²) in [5.74, 6) is -2.73. The number of carbonyl (C=O) groups is 3. The maximum atomic E-state index is 14.4. The number of nitrogens with zero attached hydrogens (tertiary/aromatic N) is 4. The van der Waals surface area contributed by atoms with Crippen LogP contribution >= 0.6 is 23.2 Å². The molecule has 1 atom stereocenters. The highest BCUT2D eigenvalue weighted by atomic mass is 35.5. The lowest BCUT2D eigenvalue weighted by Gasteiger charge is -2.44. The van der Waals surface area contributed by atoms with Gasteiger partial charge in [0.25, 0.3) is 5.91 Å². The number of hydrogen-bond acceptors (Lipinski definition) is 6. The van der Waals surface area contributed by atoms with Gasteiger partial charge in [-0.3, -0.25) is 24.0 Å². The summed E-state index contributed by atoms with van der Waals surface area (Å²) in [5.41, 5.74) is -3.55. The number of ketones is 1. The number of hydrogen-bond donors (Lipinski definition) is 1. The number of amides is 1. The van der Waals surface area contributed by atoms with Gasteiger partial charge in [0.15, 0.2) is 11.5 Å². The Morgan fingerprint density at radius 2 is 1.70 bits per heavy atom. The number of aromatic nitrogens is 3. The molecule has 2 aromatic rings. The van der Waals surface area contributed by atoms with Crippen molar-refractivity contribution in [2.75, 3.05) is 13.1 Å². The Morgan fingerprint density at radius 1 is 1.12 bits per heavy atom. The molecule has 1 amide bonds. The van der Waals surface area contributed by atoms with E-state index in [0.29, 0.717) is 6.42 Å². The predicted octanol–water partition coefficient (Wildman–Crippen LogP) is 5.70. The van der Waals surface area contributed by atoms with E-state index in [9.17, 15) is 32.7 Å². The molecule has 9 nitrogen and oxygen atoms in total. The first-order valence-electron chi connectivity index (χ1n) is 12.7. The Hall–Kier alpha value is -2.70. The number of rotatable bonds is 8. The minimum Gasteiger partial charge on any atom is -0.481 e. The maximum absolute atomic E-state index is 14.4. The van der Waals surface area contributed by atoms with E-state index >= 15 is 0 Å². The van der Waals surface area contributed by atoms with Crippen molar-refractivity contribution in [3.63, 3.8) is 0 Å². The van der Waals surface area contributed by atoms with Crippen LogP contribution in [0, 0.1) is 5.41 Å². The molecule has 0 radical (unpaired) electrons. The number of ether oxygens (including phenoxy) is 1. The summed E-state index contributed by atoms with van der Waals surface area (Å²) in [6.07, 6.45) is -1.04. The predicted molar refractivity (Wildman–Crippen MR) is 139 cm³/mol. The highest BCUT2D eigenvalue weighted by Crippen LogP contribution is 2.43. The second-order valence-corrected chi connectivity index (χ2v) is 12.1. The van der Waals surface area contributed by atoms with Gasteiger partial charge < -0.3 is 14.7 Å². The number of carboxylic acid groups (broad SMARTS) is 1. The molecular formula is C26H29Cl2F3N4O5. The van der Waals surface area contributed by atoms with Gasteiger partial charge in [-0.25, -0.2) is 0 Å². The average molecular weight is 605 g/mol. The molecule has 4 rings (SSSR count). The van der Waals surface area contributed by atoms with Crippen LogP contribution in [0.3, 0.4) is 0 Å². The zero-order chi connectivity index (χ0) is 29.6. The van der Waals surface area contributed by atoms with Crippen LogP contribution in [0.25, 0.3) is 0 Å². The number of carboxylic acids is 1. The molecule has 1 aliphatic heterocycles. The van der Waals surface area contributed by atoms with Gasteiger partial charge in [0, 0.05) is 25.4 Å². The van der Waals surface area contributed by atoms with Crippen LogP contribution in [-0.2, 0) is 15.7 Å². The molecule has 40 heavy (non-hydrogen) atoms. The molecule has 3 heterocycles. The monoisotopic (exact) mass is 604 g/mol. The second-order valence-electron chi connectivity index (χ2n) is 11.2.